The molecule has 1 saturated heterocycles. The first-order valence-electron chi connectivity index (χ1n) is 5.35. The van der Waals surface area contributed by atoms with Gasteiger partial charge in [-0.05, 0) is 13.8 Å². The van der Waals surface area contributed by atoms with E-state index in [-0.39, 0.29) is 0 Å². The number of rotatable bonds is 1. The molecule has 0 aromatic carbocycles. The summed E-state index contributed by atoms with van der Waals surface area (Å²) in [5.41, 5.74) is 1.13. The molecule has 1 aliphatic heterocycles. The zero-order valence-electron chi connectivity index (χ0n) is 9.08. The number of quaternary nitrogens is 1. The molecule has 78 valence electrons. The van der Waals surface area contributed by atoms with Crippen LogP contribution in [0.3, 0.4) is 0 Å². The molecule has 2 heterocycles. The molecule has 0 bridgehead atoms. The summed E-state index contributed by atoms with van der Waals surface area (Å²) in [6, 6.07) is 0.654. The van der Waals surface area contributed by atoms with E-state index < -0.39 is 0 Å². The van der Waals surface area contributed by atoms with Gasteiger partial charge >= 0.3 is 0 Å². The first-order valence-corrected chi connectivity index (χ1v) is 5.35. The molecule has 0 unspecified atom stereocenters. The molecule has 1 fully saturated rings. The van der Waals surface area contributed by atoms with E-state index in [2.05, 4.69) is 36.6 Å². The molecule has 14 heavy (non-hydrogen) atoms. The minimum Gasteiger partial charge on any atom is -0.468 e. The van der Waals surface area contributed by atoms with Crippen molar-refractivity contribution in [1.82, 2.24) is 9.55 Å². The van der Waals surface area contributed by atoms with Crippen molar-refractivity contribution < 1.29 is 4.90 Å². The van der Waals surface area contributed by atoms with Gasteiger partial charge < -0.3 is 9.47 Å². The fourth-order valence-electron chi connectivity index (χ4n) is 2.30. The minimum absolute atomic E-state index is 0.654. The molecular weight excluding hydrogens is 174 g/mol. The maximum Gasteiger partial charge on any atom is 0.106 e. The van der Waals surface area contributed by atoms with E-state index >= 15 is 0 Å². The Kier molecular flexibility index (Phi) is 2.59. The van der Waals surface area contributed by atoms with Gasteiger partial charge in [0.2, 0.25) is 0 Å². The van der Waals surface area contributed by atoms with E-state index in [1.165, 1.54) is 30.8 Å². The largest absolute Gasteiger partial charge is 0.468 e. The lowest BCUT2D eigenvalue weighted by molar-refractivity contribution is -0.860. The van der Waals surface area contributed by atoms with Crippen molar-refractivity contribution in [1.29, 1.82) is 0 Å². The van der Waals surface area contributed by atoms with E-state index in [0.29, 0.717) is 6.04 Å². The lowest BCUT2D eigenvalue weighted by Gasteiger charge is -2.32. The second-order valence-corrected chi connectivity index (χ2v) is 4.32. The highest BCUT2D eigenvalue weighted by Crippen LogP contribution is 2.19. The Morgan fingerprint density at radius 3 is 2.57 bits per heavy atom. The topological polar surface area (TPSA) is 22.3 Å². The number of hydrogen-bond donors (Lipinski definition) is 1. The van der Waals surface area contributed by atoms with E-state index in [0.717, 1.165) is 11.5 Å². The van der Waals surface area contributed by atoms with Crippen LogP contribution >= 0.6 is 0 Å². The quantitative estimate of drug-likeness (QED) is 0.645. The third-order valence-corrected chi connectivity index (χ3v) is 3.09. The molecule has 3 heteroatoms. The molecule has 3 nitrogen and oxygen atoms in total. The maximum absolute atomic E-state index is 4.45. The van der Waals surface area contributed by atoms with E-state index in [1.807, 2.05) is 0 Å². The summed E-state index contributed by atoms with van der Waals surface area (Å²) < 4.78 is 2.34. The van der Waals surface area contributed by atoms with E-state index in [9.17, 15) is 0 Å². The first-order chi connectivity index (χ1) is 6.66. The number of aromatic nitrogens is 2. The molecule has 1 aromatic heterocycles. The van der Waals surface area contributed by atoms with Gasteiger partial charge in [-0.15, -0.1) is 0 Å². The normalized spacial score (nSPS) is 27.9. The molecule has 0 saturated carbocycles. The van der Waals surface area contributed by atoms with Crippen LogP contribution in [0.5, 0.6) is 0 Å². The molecule has 0 spiro atoms. The molecule has 1 aromatic rings. The Balaban J connectivity index is 2.11. The highest BCUT2D eigenvalue weighted by atomic mass is 15.1. The number of piperidine rings is 1. The molecule has 0 amide bonds. The Morgan fingerprint density at radius 2 is 2.07 bits per heavy atom. The van der Waals surface area contributed by atoms with Crippen molar-refractivity contribution >= 4 is 0 Å². The summed E-state index contributed by atoms with van der Waals surface area (Å²) >= 11 is 0. The van der Waals surface area contributed by atoms with Gasteiger partial charge in [-0.1, -0.05) is 0 Å². The fraction of sp³-hybridized carbons (Fsp3) is 0.636. The van der Waals surface area contributed by atoms with Crippen LogP contribution in [0.15, 0.2) is 6.20 Å². The molecule has 0 atom stereocenters. The van der Waals surface area contributed by atoms with Crippen LogP contribution in [0.2, 0.25) is 0 Å². The van der Waals surface area contributed by atoms with Crippen molar-refractivity contribution in [3.8, 4) is 0 Å². The monoisotopic (exact) mass is 193 g/mol. The smallest absolute Gasteiger partial charge is 0.106 e. The zero-order valence-corrected chi connectivity index (χ0v) is 9.08. The molecule has 1 aliphatic rings. The van der Waals surface area contributed by atoms with Crippen LogP contribution in [0, 0.1) is 20.9 Å². The standard InChI is InChI=1S/C11H19N3/c1-9-8-14(10(2)12-9)11-4-6-13(3)7-5-11/h8,11,13H,3-7H2,1-2H3. The van der Waals surface area contributed by atoms with Crippen molar-refractivity contribution in [2.75, 3.05) is 13.1 Å². The predicted octanol–water partition coefficient (Wildman–Crippen LogP) is 0.511. The van der Waals surface area contributed by atoms with Gasteiger partial charge in [-0.2, -0.15) is 7.05 Å². The third-order valence-electron chi connectivity index (χ3n) is 3.09. The van der Waals surface area contributed by atoms with Crippen molar-refractivity contribution in [2.45, 2.75) is 32.7 Å². The van der Waals surface area contributed by atoms with Crippen LogP contribution in [0.4, 0.5) is 0 Å². The van der Waals surface area contributed by atoms with Gasteiger partial charge in [-0.3, -0.25) is 0 Å². The second kappa shape index (κ2) is 3.73. The van der Waals surface area contributed by atoms with E-state index in [4.69, 9.17) is 0 Å². The van der Waals surface area contributed by atoms with Crippen molar-refractivity contribution in [2.24, 2.45) is 0 Å². The van der Waals surface area contributed by atoms with Gasteiger partial charge in [-0.25, -0.2) is 4.98 Å². The van der Waals surface area contributed by atoms with Crippen LogP contribution in [0.25, 0.3) is 0 Å². The molecule has 0 radical (unpaired) electrons. The first kappa shape index (κ1) is 9.71. The van der Waals surface area contributed by atoms with Gasteiger partial charge in [0.15, 0.2) is 0 Å². The van der Waals surface area contributed by atoms with Crippen molar-refractivity contribution in [3.05, 3.63) is 24.8 Å². The summed E-state index contributed by atoms with van der Waals surface area (Å²) in [4.78, 5) is 5.86. The van der Waals surface area contributed by atoms with Gasteiger partial charge in [0.05, 0.1) is 18.8 Å². The molecule has 1 N–H and O–H groups in total. The lowest BCUT2D eigenvalue weighted by atomic mass is 10.1. The zero-order chi connectivity index (χ0) is 10.1. The third kappa shape index (κ3) is 1.82. The van der Waals surface area contributed by atoms with Gasteiger partial charge in [0, 0.05) is 25.1 Å². The van der Waals surface area contributed by atoms with Crippen LogP contribution in [-0.2, 0) is 0 Å². The summed E-state index contributed by atoms with van der Waals surface area (Å²) in [5, 5.41) is 0. The van der Waals surface area contributed by atoms with Crippen LogP contribution in [0.1, 0.15) is 30.4 Å². The fourth-order valence-corrected chi connectivity index (χ4v) is 2.30. The average molecular weight is 193 g/mol. The SMILES string of the molecule is [CH2-][NH+]1CCC(n2cc(C)nc2C)CC1. The Labute approximate surface area is 85.7 Å². The summed E-state index contributed by atoms with van der Waals surface area (Å²) in [7, 11) is 4.05. The highest BCUT2D eigenvalue weighted by molar-refractivity contribution is 5.02. The number of likely N-dealkylation sites (tertiary alicyclic amines) is 1. The Hall–Kier alpha value is -0.830. The second-order valence-electron chi connectivity index (χ2n) is 4.32. The average Bonchev–Trinajstić information content (AvgIpc) is 2.47. The van der Waals surface area contributed by atoms with Crippen LogP contribution in [-0.4, -0.2) is 22.6 Å². The minimum atomic E-state index is 0.654. The molecule has 2 rings (SSSR count). The predicted molar refractivity (Wildman–Crippen MR) is 56.0 cm³/mol. The Morgan fingerprint density at radius 1 is 1.43 bits per heavy atom. The number of nitrogens with zero attached hydrogens (tertiary/aromatic N) is 2. The number of nitrogens with one attached hydrogen (secondary N) is 1. The van der Waals surface area contributed by atoms with Crippen LogP contribution < -0.4 is 4.90 Å². The summed E-state index contributed by atoms with van der Waals surface area (Å²) in [5.74, 6) is 1.15. The van der Waals surface area contributed by atoms with Crippen molar-refractivity contribution in [3.63, 3.8) is 0 Å². The number of hydrogen-bond acceptors (Lipinski definition) is 1. The molecular formula is C11H19N3. The van der Waals surface area contributed by atoms with Gasteiger partial charge in [0.25, 0.3) is 0 Å². The summed E-state index contributed by atoms with van der Waals surface area (Å²) in [6.07, 6.45) is 4.64. The number of imidazole rings is 1. The van der Waals surface area contributed by atoms with E-state index in [1.54, 1.807) is 0 Å². The molecule has 0 aliphatic carbocycles. The highest BCUT2D eigenvalue weighted by Gasteiger charge is 2.19. The maximum atomic E-state index is 4.45. The van der Waals surface area contributed by atoms with Gasteiger partial charge in [0.1, 0.15) is 5.82 Å². The summed E-state index contributed by atoms with van der Waals surface area (Å²) in [6.45, 7) is 6.52. The Bertz CT molecular complexity index is 308. The lowest BCUT2D eigenvalue weighted by Crippen LogP contribution is -3.08. The number of aryl methyl sites for hydroxylation is 2.